The van der Waals surface area contributed by atoms with Gasteiger partial charge in [-0.15, -0.1) is 0 Å². The van der Waals surface area contributed by atoms with Gasteiger partial charge in [0.1, 0.15) is 0 Å². The standard InChI is InChI=1S/C12H21NO6/c1-5-9(10(14)17-4)8-13(11(15)18-6-2)12(16)19-7-3/h9H,5-8H2,1-4H3. The largest absolute Gasteiger partial charge is 0.469 e. The van der Waals surface area contributed by atoms with Crippen LogP contribution in [0.1, 0.15) is 27.2 Å². The highest BCUT2D eigenvalue weighted by Gasteiger charge is 2.30. The minimum atomic E-state index is -0.830. The van der Waals surface area contributed by atoms with Gasteiger partial charge in [0.05, 0.1) is 26.2 Å². The van der Waals surface area contributed by atoms with Gasteiger partial charge in [-0.25, -0.2) is 14.5 Å². The van der Waals surface area contributed by atoms with E-state index in [4.69, 9.17) is 9.47 Å². The van der Waals surface area contributed by atoms with Crippen LogP contribution in [-0.2, 0) is 19.0 Å². The van der Waals surface area contributed by atoms with Crippen molar-refractivity contribution < 1.29 is 28.6 Å². The summed E-state index contributed by atoms with van der Waals surface area (Å²) in [4.78, 5) is 35.6. The van der Waals surface area contributed by atoms with Crippen LogP contribution in [0.5, 0.6) is 0 Å². The van der Waals surface area contributed by atoms with E-state index in [0.717, 1.165) is 4.90 Å². The van der Waals surface area contributed by atoms with Crippen molar-refractivity contribution in [3.8, 4) is 0 Å². The average Bonchev–Trinajstić information content (AvgIpc) is 2.39. The van der Waals surface area contributed by atoms with Gasteiger partial charge in [0, 0.05) is 6.54 Å². The quantitative estimate of drug-likeness (QED) is 0.543. The van der Waals surface area contributed by atoms with E-state index in [1.54, 1.807) is 20.8 Å². The highest BCUT2D eigenvalue weighted by Crippen LogP contribution is 2.10. The van der Waals surface area contributed by atoms with Gasteiger partial charge >= 0.3 is 18.2 Å². The topological polar surface area (TPSA) is 82.1 Å². The summed E-state index contributed by atoms with van der Waals surface area (Å²) < 4.78 is 14.1. The highest BCUT2D eigenvalue weighted by atomic mass is 16.6. The molecule has 19 heavy (non-hydrogen) atoms. The number of rotatable bonds is 6. The second-order valence-electron chi connectivity index (χ2n) is 3.64. The van der Waals surface area contributed by atoms with E-state index in [2.05, 4.69) is 4.74 Å². The fourth-order valence-electron chi connectivity index (χ4n) is 1.38. The molecule has 0 rings (SSSR count). The first-order valence-electron chi connectivity index (χ1n) is 6.20. The zero-order valence-corrected chi connectivity index (χ0v) is 11.8. The van der Waals surface area contributed by atoms with E-state index >= 15 is 0 Å². The van der Waals surface area contributed by atoms with Crippen molar-refractivity contribution >= 4 is 18.2 Å². The molecule has 0 aliphatic rings. The molecule has 0 fully saturated rings. The normalized spacial score (nSPS) is 11.4. The summed E-state index contributed by atoms with van der Waals surface area (Å²) >= 11 is 0. The van der Waals surface area contributed by atoms with E-state index in [-0.39, 0.29) is 19.8 Å². The number of ether oxygens (including phenoxy) is 3. The SMILES string of the molecule is CCOC(=O)N(CC(CC)C(=O)OC)C(=O)OCC. The number of carbonyl (C=O) groups excluding carboxylic acids is 3. The Bertz CT molecular complexity index is 299. The van der Waals surface area contributed by atoms with Crippen LogP contribution in [0.15, 0.2) is 0 Å². The highest BCUT2D eigenvalue weighted by molar-refractivity contribution is 5.88. The Balaban J connectivity index is 4.87. The summed E-state index contributed by atoms with van der Waals surface area (Å²) in [6.07, 6.45) is -1.23. The summed E-state index contributed by atoms with van der Waals surface area (Å²) in [5.41, 5.74) is 0. The molecule has 0 saturated heterocycles. The predicted molar refractivity (Wildman–Crippen MR) is 66.5 cm³/mol. The lowest BCUT2D eigenvalue weighted by Gasteiger charge is -2.22. The third-order valence-corrected chi connectivity index (χ3v) is 2.41. The average molecular weight is 275 g/mol. The summed E-state index contributed by atoms with van der Waals surface area (Å²) in [5, 5.41) is 0. The van der Waals surface area contributed by atoms with Crippen LogP contribution in [0, 0.1) is 5.92 Å². The van der Waals surface area contributed by atoms with Crippen molar-refractivity contribution in [2.75, 3.05) is 26.9 Å². The molecule has 0 N–H and O–H groups in total. The van der Waals surface area contributed by atoms with Crippen LogP contribution < -0.4 is 0 Å². The number of carbonyl (C=O) groups is 3. The number of amides is 2. The molecule has 7 heteroatoms. The van der Waals surface area contributed by atoms with Crippen molar-refractivity contribution in [2.45, 2.75) is 27.2 Å². The third-order valence-electron chi connectivity index (χ3n) is 2.41. The third kappa shape index (κ3) is 5.58. The monoisotopic (exact) mass is 275 g/mol. The van der Waals surface area contributed by atoms with Crippen LogP contribution in [0.2, 0.25) is 0 Å². The number of methoxy groups -OCH3 is 1. The van der Waals surface area contributed by atoms with Crippen molar-refractivity contribution in [1.29, 1.82) is 0 Å². The summed E-state index contributed by atoms with van der Waals surface area (Å²) in [7, 11) is 1.25. The van der Waals surface area contributed by atoms with E-state index < -0.39 is 24.1 Å². The molecule has 0 aromatic heterocycles. The van der Waals surface area contributed by atoms with Gasteiger partial charge in [-0.2, -0.15) is 0 Å². The Hall–Kier alpha value is -1.79. The molecule has 0 aromatic rings. The zero-order chi connectivity index (χ0) is 14.8. The van der Waals surface area contributed by atoms with Gasteiger partial charge in [-0.1, -0.05) is 6.92 Å². The molecule has 0 spiro atoms. The smallest absolute Gasteiger partial charge is 0.419 e. The van der Waals surface area contributed by atoms with E-state index in [1.165, 1.54) is 7.11 Å². The second kappa shape index (κ2) is 9.18. The summed E-state index contributed by atoms with van der Waals surface area (Å²) in [6, 6.07) is 0. The molecule has 2 amide bonds. The Morgan fingerprint density at radius 1 is 1.00 bits per heavy atom. The number of esters is 1. The Morgan fingerprint density at radius 3 is 1.79 bits per heavy atom. The van der Waals surface area contributed by atoms with E-state index in [1.807, 2.05) is 0 Å². The lowest BCUT2D eigenvalue weighted by atomic mass is 10.1. The molecule has 1 unspecified atom stereocenters. The number of hydrogen-bond acceptors (Lipinski definition) is 6. The minimum absolute atomic E-state index is 0.124. The minimum Gasteiger partial charge on any atom is -0.469 e. The van der Waals surface area contributed by atoms with Crippen molar-refractivity contribution in [3.05, 3.63) is 0 Å². The molecule has 0 aromatic carbocycles. The molecular formula is C12H21NO6. The van der Waals surface area contributed by atoms with Crippen LogP contribution in [-0.4, -0.2) is 49.9 Å². The van der Waals surface area contributed by atoms with Crippen molar-refractivity contribution in [1.82, 2.24) is 4.90 Å². The van der Waals surface area contributed by atoms with Gasteiger partial charge in [-0.05, 0) is 20.3 Å². The predicted octanol–water partition coefficient (Wildman–Crippen LogP) is 1.80. The number of imide groups is 1. The first-order valence-corrected chi connectivity index (χ1v) is 6.20. The van der Waals surface area contributed by atoms with Gasteiger partial charge < -0.3 is 14.2 Å². The molecule has 0 heterocycles. The zero-order valence-electron chi connectivity index (χ0n) is 11.8. The molecule has 0 saturated carbocycles. The summed E-state index contributed by atoms with van der Waals surface area (Å²) in [6.45, 7) is 5.14. The fourth-order valence-corrected chi connectivity index (χ4v) is 1.38. The first kappa shape index (κ1) is 17.2. The van der Waals surface area contributed by atoms with Gasteiger partial charge in [-0.3, -0.25) is 4.79 Å². The van der Waals surface area contributed by atoms with Gasteiger partial charge in [0.25, 0.3) is 0 Å². The molecule has 0 bridgehead atoms. The molecule has 7 nitrogen and oxygen atoms in total. The van der Waals surface area contributed by atoms with Crippen LogP contribution in [0.25, 0.3) is 0 Å². The number of nitrogens with zero attached hydrogens (tertiary/aromatic N) is 1. The molecule has 110 valence electrons. The van der Waals surface area contributed by atoms with Crippen molar-refractivity contribution in [2.24, 2.45) is 5.92 Å². The second-order valence-corrected chi connectivity index (χ2v) is 3.64. The molecule has 0 aliphatic heterocycles. The lowest BCUT2D eigenvalue weighted by molar-refractivity contribution is -0.145. The van der Waals surface area contributed by atoms with E-state index in [0.29, 0.717) is 6.42 Å². The Morgan fingerprint density at radius 2 is 1.47 bits per heavy atom. The van der Waals surface area contributed by atoms with Crippen LogP contribution in [0.3, 0.4) is 0 Å². The number of hydrogen-bond donors (Lipinski definition) is 0. The van der Waals surface area contributed by atoms with Gasteiger partial charge in [0.15, 0.2) is 0 Å². The maximum Gasteiger partial charge on any atom is 0.419 e. The summed E-state index contributed by atoms with van der Waals surface area (Å²) in [5.74, 6) is -1.08. The Labute approximate surface area is 112 Å². The van der Waals surface area contributed by atoms with E-state index in [9.17, 15) is 14.4 Å². The first-order chi connectivity index (χ1) is 9.01. The molecule has 0 aliphatic carbocycles. The maximum absolute atomic E-state index is 11.7. The van der Waals surface area contributed by atoms with Crippen LogP contribution >= 0.6 is 0 Å². The molecule has 0 radical (unpaired) electrons. The molecule has 1 atom stereocenters. The van der Waals surface area contributed by atoms with Crippen LogP contribution in [0.4, 0.5) is 9.59 Å². The van der Waals surface area contributed by atoms with Gasteiger partial charge in [0.2, 0.25) is 0 Å². The Kier molecular flexibility index (Phi) is 8.32. The fraction of sp³-hybridized carbons (Fsp3) is 0.750. The maximum atomic E-state index is 11.7. The molecular weight excluding hydrogens is 254 g/mol. The van der Waals surface area contributed by atoms with Crippen molar-refractivity contribution in [3.63, 3.8) is 0 Å². The lowest BCUT2D eigenvalue weighted by Crippen LogP contribution is -2.42.